The van der Waals surface area contributed by atoms with Crippen LogP contribution in [-0.4, -0.2) is 77.8 Å². The standard InChI is InChI=1S/C22H30ClN7O.HI/c1-24-22(29-10-11-30(21(31)16-29)19-13-26-27(2)15-19)25-14-20(28-8-3-4-9-28)17-6-5-7-18(23)12-17;/h5-7,12-13,15,20H,3-4,8-11,14,16H2,1-2H3,(H,24,25);1H. The number of carbonyl (C=O) groups is 1. The molecule has 1 N–H and O–H groups in total. The first-order chi connectivity index (χ1) is 15.0. The van der Waals surface area contributed by atoms with E-state index in [1.807, 2.05) is 36.3 Å². The van der Waals surface area contributed by atoms with Gasteiger partial charge >= 0.3 is 0 Å². The van der Waals surface area contributed by atoms with Gasteiger partial charge in [-0.05, 0) is 43.6 Å². The molecule has 0 radical (unpaired) electrons. The average molecular weight is 572 g/mol. The van der Waals surface area contributed by atoms with Gasteiger partial charge in [-0.2, -0.15) is 5.10 Å². The molecule has 2 aliphatic rings. The molecule has 8 nitrogen and oxygen atoms in total. The maximum atomic E-state index is 12.8. The summed E-state index contributed by atoms with van der Waals surface area (Å²) in [6, 6.07) is 8.31. The molecule has 174 valence electrons. The lowest BCUT2D eigenvalue weighted by Crippen LogP contribution is -2.56. The number of carbonyl (C=O) groups excluding carboxylic acids is 1. The van der Waals surface area contributed by atoms with Gasteiger partial charge in [0.15, 0.2) is 5.96 Å². The third-order valence-electron chi connectivity index (χ3n) is 6.00. The predicted molar refractivity (Wildman–Crippen MR) is 139 cm³/mol. The van der Waals surface area contributed by atoms with E-state index >= 15 is 0 Å². The van der Waals surface area contributed by atoms with E-state index < -0.39 is 0 Å². The third-order valence-corrected chi connectivity index (χ3v) is 6.24. The Morgan fingerprint density at radius 2 is 2.03 bits per heavy atom. The van der Waals surface area contributed by atoms with Crippen molar-refractivity contribution in [2.24, 2.45) is 12.0 Å². The van der Waals surface area contributed by atoms with Crippen LogP contribution < -0.4 is 10.2 Å². The topological polar surface area (TPSA) is 69.0 Å². The minimum Gasteiger partial charge on any atom is -0.354 e. The molecule has 1 aromatic carbocycles. The van der Waals surface area contributed by atoms with Gasteiger partial charge in [-0.3, -0.25) is 19.4 Å². The summed E-state index contributed by atoms with van der Waals surface area (Å²) in [6.45, 7) is 4.49. The molecule has 3 heterocycles. The molecule has 2 aliphatic heterocycles. The van der Waals surface area contributed by atoms with Crippen LogP contribution in [0.3, 0.4) is 0 Å². The molecule has 1 aromatic heterocycles. The van der Waals surface area contributed by atoms with Crippen molar-refractivity contribution >= 4 is 53.1 Å². The lowest BCUT2D eigenvalue weighted by Gasteiger charge is -2.36. The van der Waals surface area contributed by atoms with Crippen molar-refractivity contribution < 1.29 is 4.79 Å². The number of aromatic nitrogens is 2. The number of amides is 1. The zero-order chi connectivity index (χ0) is 21.8. The summed E-state index contributed by atoms with van der Waals surface area (Å²) in [5, 5.41) is 8.45. The van der Waals surface area contributed by atoms with Crippen molar-refractivity contribution in [2.45, 2.75) is 18.9 Å². The van der Waals surface area contributed by atoms with Crippen LogP contribution in [-0.2, 0) is 11.8 Å². The second-order valence-corrected chi connectivity index (χ2v) is 8.52. The Balaban J connectivity index is 0.00000289. The Bertz CT molecular complexity index is 944. The van der Waals surface area contributed by atoms with E-state index in [0.717, 1.165) is 29.8 Å². The quantitative estimate of drug-likeness (QED) is 0.340. The maximum Gasteiger partial charge on any atom is 0.246 e. The zero-order valence-electron chi connectivity index (χ0n) is 18.6. The SMILES string of the molecule is CN=C(NCC(c1cccc(Cl)c1)N1CCCC1)N1CCN(c2cnn(C)c2)C(=O)C1.I. The number of likely N-dealkylation sites (tertiary alicyclic amines) is 1. The van der Waals surface area contributed by atoms with Crippen molar-refractivity contribution in [1.82, 2.24) is 24.9 Å². The number of aryl methyl sites for hydroxylation is 1. The van der Waals surface area contributed by atoms with Crippen LogP contribution in [0.5, 0.6) is 0 Å². The molecule has 1 atom stereocenters. The summed E-state index contributed by atoms with van der Waals surface area (Å²) in [4.78, 5) is 23.5. The normalized spacial score (nSPS) is 18.6. The van der Waals surface area contributed by atoms with Gasteiger partial charge in [-0.25, -0.2) is 0 Å². The number of guanidine groups is 1. The van der Waals surface area contributed by atoms with Crippen LogP contribution in [0.1, 0.15) is 24.4 Å². The molecular weight excluding hydrogens is 541 g/mol. The van der Waals surface area contributed by atoms with E-state index in [-0.39, 0.29) is 35.9 Å². The highest BCUT2D eigenvalue weighted by molar-refractivity contribution is 14.0. The Labute approximate surface area is 211 Å². The molecule has 2 saturated heterocycles. The first-order valence-corrected chi connectivity index (χ1v) is 11.2. The molecule has 0 spiro atoms. The fourth-order valence-electron chi connectivity index (χ4n) is 4.42. The maximum absolute atomic E-state index is 12.8. The average Bonchev–Trinajstić information content (AvgIpc) is 3.43. The van der Waals surface area contributed by atoms with Gasteiger partial charge in [0, 0.05) is 44.9 Å². The molecule has 0 saturated carbocycles. The first-order valence-electron chi connectivity index (χ1n) is 10.8. The number of anilines is 1. The Morgan fingerprint density at radius 3 is 2.66 bits per heavy atom. The highest BCUT2D eigenvalue weighted by atomic mass is 127. The molecule has 0 bridgehead atoms. The zero-order valence-corrected chi connectivity index (χ0v) is 21.7. The highest BCUT2D eigenvalue weighted by Crippen LogP contribution is 2.26. The summed E-state index contributed by atoms with van der Waals surface area (Å²) in [5.41, 5.74) is 2.04. The van der Waals surface area contributed by atoms with Crippen molar-refractivity contribution in [3.8, 4) is 0 Å². The smallest absolute Gasteiger partial charge is 0.246 e. The van der Waals surface area contributed by atoms with Crippen LogP contribution >= 0.6 is 35.6 Å². The number of piperazine rings is 1. The molecule has 32 heavy (non-hydrogen) atoms. The van der Waals surface area contributed by atoms with Gasteiger partial charge in [0.1, 0.15) is 6.54 Å². The number of nitrogens with one attached hydrogen (secondary N) is 1. The van der Waals surface area contributed by atoms with Crippen molar-refractivity contribution in [1.29, 1.82) is 0 Å². The van der Waals surface area contributed by atoms with E-state index in [2.05, 4.69) is 26.4 Å². The van der Waals surface area contributed by atoms with E-state index in [9.17, 15) is 4.79 Å². The van der Waals surface area contributed by atoms with Gasteiger partial charge in [-0.1, -0.05) is 23.7 Å². The van der Waals surface area contributed by atoms with Crippen molar-refractivity contribution in [2.75, 3.05) is 51.2 Å². The molecule has 1 unspecified atom stereocenters. The number of aliphatic imine (C=N–C) groups is 1. The lowest BCUT2D eigenvalue weighted by molar-refractivity contribution is -0.120. The molecule has 2 aromatic rings. The number of nitrogens with zero attached hydrogens (tertiary/aromatic N) is 6. The second kappa shape index (κ2) is 11.3. The summed E-state index contributed by atoms with van der Waals surface area (Å²) < 4.78 is 1.71. The fraction of sp³-hybridized carbons (Fsp3) is 0.500. The van der Waals surface area contributed by atoms with Crippen LogP contribution in [0.25, 0.3) is 0 Å². The minimum atomic E-state index is 0. The first kappa shape index (κ1) is 24.8. The summed E-state index contributed by atoms with van der Waals surface area (Å²) in [7, 11) is 3.62. The van der Waals surface area contributed by atoms with Gasteiger partial charge in [-0.15, -0.1) is 24.0 Å². The van der Waals surface area contributed by atoms with E-state index in [1.54, 1.807) is 22.8 Å². The highest BCUT2D eigenvalue weighted by Gasteiger charge is 2.29. The van der Waals surface area contributed by atoms with E-state index in [4.69, 9.17) is 11.6 Å². The minimum absolute atomic E-state index is 0. The van der Waals surface area contributed by atoms with Gasteiger partial charge in [0.2, 0.25) is 5.91 Å². The van der Waals surface area contributed by atoms with E-state index in [0.29, 0.717) is 26.2 Å². The summed E-state index contributed by atoms with van der Waals surface area (Å²) >= 11 is 6.27. The predicted octanol–water partition coefficient (Wildman–Crippen LogP) is 2.75. The van der Waals surface area contributed by atoms with Crippen molar-refractivity contribution in [3.05, 3.63) is 47.2 Å². The Hall–Kier alpha value is -1.85. The molecule has 4 rings (SSSR count). The second-order valence-electron chi connectivity index (χ2n) is 8.08. The Morgan fingerprint density at radius 1 is 1.25 bits per heavy atom. The number of benzene rings is 1. The fourth-order valence-corrected chi connectivity index (χ4v) is 4.62. The van der Waals surface area contributed by atoms with Crippen LogP contribution in [0.2, 0.25) is 5.02 Å². The van der Waals surface area contributed by atoms with Gasteiger partial charge < -0.3 is 15.1 Å². The third kappa shape index (κ3) is 5.74. The molecule has 10 heteroatoms. The van der Waals surface area contributed by atoms with Gasteiger partial charge in [0.25, 0.3) is 0 Å². The summed E-state index contributed by atoms with van der Waals surface area (Å²) in [5.74, 6) is 0.804. The Kier molecular flexibility index (Phi) is 8.78. The molecule has 1 amide bonds. The van der Waals surface area contributed by atoms with Crippen LogP contribution in [0.15, 0.2) is 41.7 Å². The van der Waals surface area contributed by atoms with Crippen LogP contribution in [0, 0.1) is 0 Å². The molecule has 2 fully saturated rings. The molecular formula is C22H31ClIN7O. The monoisotopic (exact) mass is 571 g/mol. The number of halogens is 2. The number of hydrogen-bond donors (Lipinski definition) is 1. The number of hydrogen-bond acceptors (Lipinski definition) is 4. The van der Waals surface area contributed by atoms with Gasteiger partial charge in [0.05, 0.1) is 17.9 Å². The van der Waals surface area contributed by atoms with E-state index in [1.165, 1.54) is 18.4 Å². The van der Waals surface area contributed by atoms with Crippen LogP contribution in [0.4, 0.5) is 5.69 Å². The number of rotatable bonds is 5. The largest absolute Gasteiger partial charge is 0.354 e. The summed E-state index contributed by atoms with van der Waals surface area (Å²) in [6.07, 6.45) is 6.03. The van der Waals surface area contributed by atoms with Crippen molar-refractivity contribution in [3.63, 3.8) is 0 Å². The lowest BCUT2D eigenvalue weighted by atomic mass is 10.1. The molecule has 0 aliphatic carbocycles.